The highest BCUT2D eigenvalue weighted by Crippen LogP contribution is 2.62. The van der Waals surface area contributed by atoms with Crippen LogP contribution in [0.25, 0.3) is 73.6 Å². The minimum atomic E-state index is -0.440. The molecule has 3 heterocycles. The molecular formula is C46H28N6. The van der Waals surface area contributed by atoms with Crippen LogP contribution in [0.15, 0.2) is 170 Å². The van der Waals surface area contributed by atoms with E-state index in [-0.39, 0.29) is 0 Å². The lowest BCUT2D eigenvalue weighted by molar-refractivity contribution is 0.787. The smallest absolute Gasteiger partial charge is 0.182 e. The molecule has 6 heteroatoms. The second-order valence-corrected chi connectivity index (χ2v) is 13.3. The lowest BCUT2D eigenvalue weighted by Crippen LogP contribution is -2.26. The van der Waals surface area contributed by atoms with Crippen molar-refractivity contribution in [2.75, 3.05) is 0 Å². The maximum atomic E-state index is 5.24. The summed E-state index contributed by atoms with van der Waals surface area (Å²) in [4.78, 5) is 19.9. The first-order valence-electron chi connectivity index (χ1n) is 17.4. The summed E-state index contributed by atoms with van der Waals surface area (Å²) >= 11 is 0. The SMILES string of the molecule is c1ccc(-c2nc(-c3ccccc3)nc(-c3cccc(-c4nc5ccc6c(n5n4)-c4ccccc4C64c5ccccc5-c5ccccc54)c3)n2)cc1. The first-order chi connectivity index (χ1) is 25.8. The lowest BCUT2D eigenvalue weighted by Gasteiger charge is -2.30. The van der Waals surface area contributed by atoms with Crippen molar-refractivity contribution in [3.05, 3.63) is 192 Å². The zero-order valence-electron chi connectivity index (χ0n) is 27.8. The zero-order chi connectivity index (χ0) is 34.2. The highest BCUT2D eigenvalue weighted by Gasteiger charge is 2.52. The summed E-state index contributed by atoms with van der Waals surface area (Å²) in [6.45, 7) is 0. The Balaban J connectivity index is 1.08. The van der Waals surface area contributed by atoms with Crippen LogP contribution in [0.2, 0.25) is 0 Å². The molecule has 0 bridgehead atoms. The Morgan fingerprint density at radius 1 is 0.346 bits per heavy atom. The van der Waals surface area contributed by atoms with E-state index in [2.05, 4.69) is 97.1 Å². The number of hydrogen-bond donors (Lipinski definition) is 0. The van der Waals surface area contributed by atoms with Gasteiger partial charge in [0, 0.05) is 27.8 Å². The number of hydrogen-bond acceptors (Lipinski definition) is 5. The van der Waals surface area contributed by atoms with E-state index in [0.717, 1.165) is 33.6 Å². The Hall–Kier alpha value is -7.05. The van der Waals surface area contributed by atoms with Crippen molar-refractivity contribution in [3.8, 4) is 67.9 Å². The zero-order valence-corrected chi connectivity index (χ0v) is 27.8. The highest BCUT2D eigenvalue weighted by atomic mass is 15.3. The number of nitrogens with zero attached hydrogens (tertiary/aromatic N) is 6. The Labute approximate surface area is 299 Å². The monoisotopic (exact) mass is 664 g/mol. The van der Waals surface area contributed by atoms with Crippen LogP contribution in [-0.4, -0.2) is 29.5 Å². The molecule has 0 unspecified atom stereocenters. The van der Waals surface area contributed by atoms with Crippen LogP contribution in [0, 0.1) is 0 Å². The van der Waals surface area contributed by atoms with Crippen molar-refractivity contribution in [2.45, 2.75) is 5.41 Å². The predicted octanol–water partition coefficient (Wildman–Crippen LogP) is 9.93. The fourth-order valence-electron chi connectivity index (χ4n) is 8.34. The number of benzene rings is 6. The largest absolute Gasteiger partial charge is 0.212 e. The van der Waals surface area contributed by atoms with Crippen LogP contribution >= 0.6 is 0 Å². The van der Waals surface area contributed by atoms with Gasteiger partial charge in [0.1, 0.15) is 0 Å². The van der Waals surface area contributed by atoms with Crippen molar-refractivity contribution in [3.63, 3.8) is 0 Å². The van der Waals surface area contributed by atoms with Gasteiger partial charge >= 0.3 is 0 Å². The molecule has 52 heavy (non-hydrogen) atoms. The second kappa shape index (κ2) is 11.0. The Bertz CT molecular complexity index is 2760. The maximum Gasteiger partial charge on any atom is 0.182 e. The average Bonchev–Trinajstić information content (AvgIpc) is 3.89. The summed E-state index contributed by atoms with van der Waals surface area (Å²) in [5.74, 6) is 2.48. The normalized spacial score (nSPS) is 13.2. The summed E-state index contributed by atoms with van der Waals surface area (Å²) in [5, 5.41) is 5.24. The molecule has 2 aliphatic rings. The molecule has 1 spiro atoms. The molecule has 3 aromatic heterocycles. The topological polar surface area (TPSA) is 68.9 Å². The predicted molar refractivity (Wildman–Crippen MR) is 204 cm³/mol. The van der Waals surface area contributed by atoms with E-state index in [1.165, 1.54) is 38.9 Å². The first-order valence-corrected chi connectivity index (χ1v) is 17.4. The molecule has 242 valence electrons. The maximum absolute atomic E-state index is 5.24. The summed E-state index contributed by atoms with van der Waals surface area (Å²) in [5.41, 5.74) is 13.9. The summed E-state index contributed by atoms with van der Waals surface area (Å²) in [7, 11) is 0. The third-order valence-corrected chi connectivity index (χ3v) is 10.5. The van der Waals surface area contributed by atoms with Gasteiger partial charge in [-0.25, -0.2) is 24.5 Å². The van der Waals surface area contributed by atoms with Gasteiger partial charge in [-0.2, -0.15) is 0 Å². The highest BCUT2D eigenvalue weighted by molar-refractivity contribution is 5.94. The lowest BCUT2D eigenvalue weighted by atomic mass is 9.71. The van der Waals surface area contributed by atoms with Gasteiger partial charge in [-0.05, 0) is 45.5 Å². The molecule has 0 atom stereocenters. The van der Waals surface area contributed by atoms with Gasteiger partial charge in [-0.15, -0.1) is 5.10 Å². The Morgan fingerprint density at radius 3 is 1.40 bits per heavy atom. The number of pyridine rings is 1. The van der Waals surface area contributed by atoms with Gasteiger partial charge in [0.25, 0.3) is 0 Å². The fourth-order valence-corrected chi connectivity index (χ4v) is 8.34. The minimum absolute atomic E-state index is 0.440. The standard InChI is InChI=1S/C46H28N6/c1-3-14-29(15-4-1)42-48-43(30-16-5-2-6-17-30)50-44(49-42)31-18-13-19-32(28-31)45-47-40-27-26-39-41(52(40)51-45)35-22-9-12-25-38(35)46(39)36-23-10-7-20-33(36)34-21-8-11-24-37(34)46/h1-28H. The molecule has 0 saturated carbocycles. The molecule has 0 fully saturated rings. The van der Waals surface area contributed by atoms with Crippen molar-refractivity contribution in [1.82, 2.24) is 29.5 Å². The van der Waals surface area contributed by atoms with E-state index in [4.69, 9.17) is 25.0 Å². The van der Waals surface area contributed by atoms with E-state index in [9.17, 15) is 0 Å². The number of fused-ring (bicyclic) bond motifs is 12. The van der Waals surface area contributed by atoms with Gasteiger partial charge in [-0.3, -0.25) is 0 Å². The van der Waals surface area contributed by atoms with Crippen LogP contribution in [0.3, 0.4) is 0 Å². The number of aromatic nitrogens is 6. The molecule has 6 nitrogen and oxygen atoms in total. The van der Waals surface area contributed by atoms with Crippen LogP contribution in [0.5, 0.6) is 0 Å². The average molecular weight is 665 g/mol. The van der Waals surface area contributed by atoms with Gasteiger partial charge in [-0.1, -0.05) is 158 Å². The van der Waals surface area contributed by atoms with E-state index in [1.54, 1.807) is 0 Å². The van der Waals surface area contributed by atoms with E-state index < -0.39 is 5.41 Å². The third-order valence-electron chi connectivity index (χ3n) is 10.5. The summed E-state index contributed by atoms with van der Waals surface area (Å²) in [6, 6.07) is 59.1. The fraction of sp³-hybridized carbons (Fsp3) is 0.0217. The van der Waals surface area contributed by atoms with E-state index in [1.807, 2.05) is 77.3 Å². The Morgan fingerprint density at radius 2 is 0.808 bits per heavy atom. The van der Waals surface area contributed by atoms with Gasteiger partial charge in [0.05, 0.1) is 11.1 Å². The molecular weight excluding hydrogens is 637 g/mol. The second-order valence-electron chi connectivity index (χ2n) is 13.3. The number of rotatable bonds is 4. The van der Waals surface area contributed by atoms with E-state index >= 15 is 0 Å². The Kier molecular flexibility index (Phi) is 6.07. The van der Waals surface area contributed by atoms with Gasteiger partial charge in [0.15, 0.2) is 28.9 Å². The van der Waals surface area contributed by atoms with Crippen LogP contribution < -0.4 is 0 Å². The van der Waals surface area contributed by atoms with Crippen LogP contribution in [0.4, 0.5) is 0 Å². The molecule has 9 aromatic rings. The van der Waals surface area contributed by atoms with Crippen LogP contribution in [-0.2, 0) is 5.41 Å². The molecule has 2 aliphatic carbocycles. The van der Waals surface area contributed by atoms with E-state index in [0.29, 0.717) is 23.3 Å². The molecule has 11 rings (SSSR count). The molecule has 0 N–H and O–H groups in total. The van der Waals surface area contributed by atoms with Crippen molar-refractivity contribution in [1.29, 1.82) is 0 Å². The van der Waals surface area contributed by atoms with Crippen molar-refractivity contribution >= 4 is 5.65 Å². The summed E-state index contributed by atoms with van der Waals surface area (Å²) in [6.07, 6.45) is 0. The molecule has 0 saturated heterocycles. The molecule has 0 amide bonds. The summed E-state index contributed by atoms with van der Waals surface area (Å²) < 4.78 is 2.04. The molecule has 6 aromatic carbocycles. The molecule has 0 radical (unpaired) electrons. The molecule has 0 aliphatic heterocycles. The van der Waals surface area contributed by atoms with Crippen molar-refractivity contribution < 1.29 is 0 Å². The van der Waals surface area contributed by atoms with Crippen molar-refractivity contribution in [2.24, 2.45) is 0 Å². The van der Waals surface area contributed by atoms with Crippen LogP contribution in [0.1, 0.15) is 22.3 Å². The quantitative estimate of drug-likeness (QED) is 0.187. The van der Waals surface area contributed by atoms with Gasteiger partial charge < -0.3 is 0 Å². The first kappa shape index (κ1) is 28.8. The minimum Gasteiger partial charge on any atom is -0.212 e. The third kappa shape index (κ3) is 4.03. The van der Waals surface area contributed by atoms with Gasteiger partial charge in [0.2, 0.25) is 0 Å².